The maximum Gasteiger partial charge on any atom is 0.306 e. The first kappa shape index (κ1) is 28.0. The molecule has 2 N–H and O–H groups in total. The first-order chi connectivity index (χ1) is 17.6. The number of hydrogen-bond acceptors (Lipinski definition) is 8. The van der Waals surface area contributed by atoms with E-state index in [-0.39, 0.29) is 32.0 Å². The van der Waals surface area contributed by atoms with E-state index in [9.17, 15) is 9.59 Å². The second-order valence-corrected chi connectivity index (χ2v) is 9.80. The van der Waals surface area contributed by atoms with Crippen LogP contribution in [0.25, 0.3) is 0 Å². The molecule has 1 aliphatic heterocycles. The summed E-state index contributed by atoms with van der Waals surface area (Å²) in [5.41, 5.74) is -0.301. The number of carbonyl (C=O) groups excluding carboxylic acids is 2. The lowest BCUT2D eigenvalue weighted by Crippen LogP contribution is -2.47. The molecule has 3 rings (SSSR count). The molecule has 2 aromatic carbocycles. The van der Waals surface area contributed by atoms with E-state index in [4.69, 9.17) is 24.1 Å². The highest BCUT2D eigenvalue weighted by atomic mass is 16.6. The number of amides is 1. The van der Waals surface area contributed by atoms with Crippen LogP contribution in [0.2, 0.25) is 0 Å². The number of esters is 1. The molecule has 2 aromatic rings. The van der Waals surface area contributed by atoms with Crippen LogP contribution in [0.3, 0.4) is 0 Å². The van der Waals surface area contributed by atoms with Gasteiger partial charge in [0.15, 0.2) is 5.54 Å². The molecule has 200 valence electrons. The molecule has 0 unspecified atom stereocenters. The number of aliphatic imine (C=N–C) groups is 1. The van der Waals surface area contributed by atoms with E-state index in [0.29, 0.717) is 36.8 Å². The van der Waals surface area contributed by atoms with E-state index in [0.717, 1.165) is 11.3 Å². The maximum atomic E-state index is 13.4. The number of aliphatic hydroxyl groups is 1. The van der Waals surface area contributed by atoms with Gasteiger partial charge in [-0.2, -0.15) is 0 Å². The molecule has 0 spiro atoms. The quantitative estimate of drug-likeness (QED) is 0.331. The highest BCUT2D eigenvalue weighted by Crippen LogP contribution is 2.29. The molecule has 1 amide bonds. The van der Waals surface area contributed by atoms with E-state index in [1.807, 2.05) is 24.3 Å². The van der Waals surface area contributed by atoms with Crippen LogP contribution in [0.15, 0.2) is 53.5 Å². The predicted molar refractivity (Wildman–Crippen MR) is 139 cm³/mol. The lowest BCUT2D eigenvalue weighted by atomic mass is 9.94. The number of aliphatic hydroxyl groups excluding tert-OH is 1. The van der Waals surface area contributed by atoms with Crippen LogP contribution in [0.1, 0.15) is 51.2 Å². The summed E-state index contributed by atoms with van der Waals surface area (Å²) in [6.07, 6.45) is 0.705. The monoisotopic (exact) mass is 512 g/mol. The number of nitrogens with zero attached hydrogens (tertiary/aromatic N) is 1. The molecule has 1 aliphatic rings. The molecular formula is C28H36N2O7. The van der Waals surface area contributed by atoms with Crippen molar-refractivity contribution in [1.29, 1.82) is 0 Å². The summed E-state index contributed by atoms with van der Waals surface area (Å²) in [7, 11) is 1.60. The van der Waals surface area contributed by atoms with Gasteiger partial charge in [-0.1, -0.05) is 12.1 Å². The molecule has 0 radical (unpaired) electrons. The first-order valence-electron chi connectivity index (χ1n) is 12.3. The standard InChI is InChI=1S/C28H36N2O7/c1-27(2,3)37-24(32)14-15-28(26(33)29-18-20-6-10-22(34-4)11-7-20)19-36-25(30-28)21-8-12-23(13-9-21)35-17-5-16-31/h6-13,31H,5,14-19H2,1-4H3,(H,29,33)/t28-/m1/s1. The average Bonchev–Trinajstić information content (AvgIpc) is 3.32. The highest BCUT2D eigenvalue weighted by Gasteiger charge is 2.44. The minimum atomic E-state index is -1.27. The largest absolute Gasteiger partial charge is 0.497 e. The molecule has 0 aromatic heterocycles. The van der Waals surface area contributed by atoms with E-state index in [1.54, 1.807) is 52.1 Å². The van der Waals surface area contributed by atoms with Crippen LogP contribution >= 0.6 is 0 Å². The topological polar surface area (TPSA) is 116 Å². The summed E-state index contributed by atoms with van der Waals surface area (Å²) in [5, 5.41) is 11.8. The number of carbonyl (C=O) groups is 2. The van der Waals surface area contributed by atoms with Crippen LogP contribution in [0, 0.1) is 0 Å². The van der Waals surface area contributed by atoms with Crippen LogP contribution in [-0.2, 0) is 25.6 Å². The molecule has 1 atom stereocenters. The molecule has 0 fully saturated rings. The molecule has 9 nitrogen and oxygen atoms in total. The summed E-state index contributed by atoms with van der Waals surface area (Å²) in [5.74, 6) is 0.982. The summed E-state index contributed by atoms with van der Waals surface area (Å²) >= 11 is 0. The average molecular weight is 513 g/mol. The fraction of sp³-hybridized carbons (Fsp3) is 0.464. The number of benzene rings is 2. The molecule has 0 bridgehead atoms. The van der Waals surface area contributed by atoms with E-state index < -0.39 is 17.1 Å². The summed E-state index contributed by atoms with van der Waals surface area (Å²) in [6.45, 7) is 6.18. The van der Waals surface area contributed by atoms with E-state index in [1.165, 1.54) is 0 Å². The number of rotatable bonds is 12. The Hall–Kier alpha value is -3.59. The Morgan fingerprint density at radius 2 is 1.76 bits per heavy atom. The SMILES string of the molecule is COc1ccc(CNC(=O)[C@@]2(CCC(=O)OC(C)(C)C)COC(c3ccc(OCCCO)cc3)=N2)cc1. The van der Waals surface area contributed by atoms with Gasteiger partial charge in [0.2, 0.25) is 5.90 Å². The van der Waals surface area contributed by atoms with Crippen molar-refractivity contribution in [1.82, 2.24) is 5.32 Å². The zero-order valence-electron chi connectivity index (χ0n) is 21.9. The number of methoxy groups -OCH3 is 1. The molecule has 37 heavy (non-hydrogen) atoms. The fourth-order valence-electron chi connectivity index (χ4n) is 3.69. The molecule has 0 aliphatic carbocycles. The first-order valence-corrected chi connectivity index (χ1v) is 12.3. The zero-order chi connectivity index (χ0) is 26.9. The van der Waals surface area contributed by atoms with Crippen LogP contribution in [-0.4, -0.2) is 61.0 Å². The second-order valence-electron chi connectivity index (χ2n) is 9.80. The molecule has 9 heteroatoms. The van der Waals surface area contributed by atoms with Gasteiger partial charge in [-0.3, -0.25) is 9.59 Å². The third-order valence-corrected chi connectivity index (χ3v) is 5.63. The third-order valence-electron chi connectivity index (χ3n) is 5.63. The normalized spacial score (nSPS) is 16.9. The molecular weight excluding hydrogens is 476 g/mol. The van der Waals surface area contributed by atoms with Crippen molar-refractivity contribution in [2.75, 3.05) is 26.9 Å². The van der Waals surface area contributed by atoms with Gasteiger partial charge in [-0.05, 0) is 69.2 Å². The third kappa shape index (κ3) is 8.21. The Kier molecular flexibility index (Phi) is 9.52. The maximum absolute atomic E-state index is 13.4. The van der Waals surface area contributed by atoms with Gasteiger partial charge < -0.3 is 29.4 Å². The fourth-order valence-corrected chi connectivity index (χ4v) is 3.69. The lowest BCUT2D eigenvalue weighted by molar-refractivity contribution is -0.155. The van der Waals surface area contributed by atoms with Crippen LogP contribution in [0.5, 0.6) is 11.5 Å². The predicted octanol–water partition coefficient (Wildman–Crippen LogP) is 3.41. The Balaban J connectivity index is 1.75. The summed E-state index contributed by atoms with van der Waals surface area (Å²) < 4.78 is 22.1. The Labute approximate surface area is 217 Å². The van der Waals surface area contributed by atoms with Gasteiger partial charge in [0.25, 0.3) is 5.91 Å². The lowest BCUT2D eigenvalue weighted by Gasteiger charge is -2.24. The smallest absolute Gasteiger partial charge is 0.306 e. The van der Waals surface area contributed by atoms with Gasteiger partial charge in [0.05, 0.1) is 13.7 Å². The minimum absolute atomic E-state index is 0.00826. The summed E-state index contributed by atoms with van der Waals surface area (Å²) in [4.78, 5) is 30.5. The Bertz CT molecular complexity index is 1080. The van der Waals surface area contributed by atoms with Crippen molar-refractivity contribution in [2.45, 2.75) is 57.7 Å². The van der Waals surface area contributed by atoms with Crippen molar-refractivity contribution in [2.24, 2.45) is 4.99 Å². The molecule has 0 saturated heterocycles. The van der Waals surface area contributed by atoms with Gasteiger partial charge in [-0.25, -0.2) is 4.99 Å². The summed E-state index contributed by atoms with van der Waals surface area (Å²) in [6, 6.07) is 14.6. The van der Waals surface area contributed by atoms with Gasteiger partial charge in [-0.15, -0.1) is 0 Å². The van der Waals surface area contributed by atoms with Crippen molar-refractivity contribution in [3.05, 3.63) is 59.7 Å². The van der Waals surface area contributed by atoms with Crippen molar-refractivity contribution >= 4 is 17.8 Å². The number of hydrogen-bond donors (Lipinski definition) is 2. The van der Waals surface area contributed by atoms with Crippen molar-refractivity contribution in [3.8, 4) is 11.5 Å². The second kappa shape index (κ2) is 12.6. The zero-order valence-corrected chi connectivity index (χ0v) is 21.9. The van der Waals surface area contributed by atoms with Crippen LogP contribution < -0.4 is 14.8 Å². The Morgan fingerprint density at radius 3 is 2.38 bits per heavy atom. The van der Waals surface area contributed by atoms with Gasteiger partial charge in [0.1, 0.15) is 23.7 Å². The van der Waals surface area contributed by atoms with E-state index >= 15 is 0 Å². The molecule has 0 saturated carbocycles. The molecule has 1 heterocycles. The van der Waals surface area contributed by atoms with Crippen molar-refractivity contribution in [3.63, 3.8) is 0 Å². The van der Waals surface area contributed by atoms with Crippen LogP contribution in [0.4, 0.5) is 0 Å². The highest BCUT2D eigenvalue weighted by molar-refractivity contribution is 6.00. The Morgan fingerprint density at radius 1 is 1.08 bits per heavy atom. The minimum Gasteiger partial charge on any atom is -0.497 e. The number of nitrogens with one attached hydrogen (secondary N) is 1. The van der Waals surface area contributed by atoms with Gasteiger partial charge in [0, 0.05) is 31.6 Å². The van der Waals surface area contributed by atoms with Gasteiger partial charge >= 0.3 is 5.97 Å². The van der Waals surface area contributed by atoms with E-state index in [2.05, 4.69) is 10.3 Å². The number of ether oxygens (including phenoxy) is 4. The van der Waals surface area contributed by atoms with Crippen molar-refractivity contribution < 1.29 is 33.6 Å².